The quantitative estimate of drug-likeness (QED) is 0.920. The Balaban J connectivity index is 1.86. The van der Waals surface area contributed by atoms with Crippen LogP contribution in [0.4, 0.5) is 4.39 Å². The van der Waals surface area contributed by atoms with Crippen molar-refractivity contribution < 1.29 is 23.8 Å². The summed E-state index contributed by atoms with van der Waals surface area (Å²) in [5, 5.41) is 10.3. The number of thiophene rings is 1. The third-order valence-corrected chi connectivity index (χ3v) is 5.53. The first kappa shape index (κ1) is 16.9. The number of carboxylic acid groups (broad SMARTS) is 1. The largest absolute Gasteiger partial charge is 0.481 e. The molecule has 1 aliphatic rings. The number of hydrogen-bond donors (Lipinski definition) is 1. The second-order valence-electron chi connectivity index (χ2n) is 6.14. The number of carboxylic acids is 1. The number of carbonyl (C=O) groups excluding carboxylic acids is 1. The number of rotatable bonds is 4. The van der Waals surface area contributed by atoms with Gasteiger partial charge in [0, 0.05) is 24.9 Å². The molecule has 128 valence electrons. The van der Waals surface area contributed by atoms with Gasteiger partial charge in [0.2, 0.25) is 0 Å². The van der Waals surface area contributed by atoms with Gasteiger partial charge >= 0.3 is 5.97 Å². The predicted molar refractivity (Wildman–Crippen MR) is 88.9 cm³/mol. The highest BCUT2D eigenvalue weighted by atomic mass is 32.1. The number of methoxy groups -OCH3 is 1. The normalized spacial score (nSPS) is 21.2. The molecule has 5 nitrogen and oxygen atoms in total. The second kappa shape index (κ2) is 6.49. The van der Waals surface area contributed by atoms with Crippen LogP contribution in [0.1, 0.15) is 22.5 Å². The molecule has 2 aromatic rings. The molecule has 1 aliphatic heterocycles. The number of hydrogen-bond acceptors (Lipinski definition) is 4. The lowest BCUT2D eigenvalue weighted by atomic mass is 9.80. The summed E-state index contributed by atoms with van der Waals surface area (Å²) in [5.74, 6) is -1.50. The number of likely N-dealkylation sites (tertiary alicyclic amines) is 1. The number of carbonyl (C=O) groups is 2. The van der Waals surface area contributed by atoms with E-state index in [2.05, 4.69) is 0 Å². The van der Waals surface area contributed by atoms with Gasteiger partial charge in [0.15, 0.2) is 0 Å². The zero-order chi connectivity index (χ0) is 17.3. The first-order valence-corrected chi connectivity index (χ1v) is 8.47. The molecule has 1 fully saturated rings. The third-order valence-electron chi connectivity index (χ3n) is 4.43. The number of benzene rings is 1. The van der Waals surface area contributed by atoms with Crippen molar-refractivity contribution in [3.63, 3.8) is 0 Å². The van der Waals surface area contributed by atoms with Crippen molar-refractivity contribution in [2.75, 3.05) is 26.8 Å². The Morgan fingerprint density at radius 2 is 2.21 bits per heavy atom. The van der Waals surface area contributed by atoms with Gasteiger partial charge in [-0.25, -0.2) is 4.39 Å². The molecule has 2 heterocycles. The van der Waals surface area contributed by atoms with Crippen molar-refractivity contribution in [3.05, 3.63) is 35.0 Å². The Morgan fingerprint density at radius 3 is 2.92 bits per heavy atom. The minimum absolute atomic E-state index is 0.0732. The Bertz CT molecular complexity index is 786. The van der Waals surface area contributed by atoms with E-state index in [-0.39, 0.29) is 24.9 Å². The number of halogens is 1. The van der Waals surface area contributed by atoms with Crippen LogP contribution in [0.5, 0.6) is 0 Å². The maximum Gasteiger partial charge on any atom is 0.313 e. The molecule has 1 atom stereocenters. The van der Waals surface area contributed by atoms with Crippen molar-refractivity contribution in [1.29, 1.82) is 0 Å². The Hall–Kier alpha value is -1.99. The topological polar surface area (TPSA) is 66.8 Å². The molecule has 1 unspecified atom stereocenters. The van der Waals surface area contributed by atoms with Crippen molar-refractivity contribution in [3.8, 4) is 0 Å². The monoisotopic (exact) mass is 351 g/mol. The van der Waals surface area contributed by atoms with Gasteiger partial charge in [0.25, 0.3) is 5.91 Å². The smallest absolute Gasteiger partial charge is 0.313 e. The van der Waals surface area contributed by atoms with E-state index in [1.807, 2.05) is 0 Å². The molecule has 1 saturated heterocycles. The standard InChI is InChI=1S/C17H18FNO4S/c1-23-10-17(16(21)22)5-2-6-19(9-17)15(20)14-8-11-7-12(18)3-4-13(11)24-14/h3-4,7-8H,2,5-6,9-10H2,1H3,(H,21,22). The van der Waals surface area contributed by atoms with Gasteiger partial charge in [-0.15, -0.1) is 11.3 Å². The van der Waals surface area contributed by atoms with Crippen LogP contribution in [0.25, 0.3) is 10.1 Å². The highest BCUT2D eigenvalue weighted by Crippen LogP contribution is 2.33. The van der Waals surface area contributed by atoms with Gasteiger partial charge in [-0.05, 0) is 42.5 Å². The van der Waals surface area contributed by atoms with Gasteiger partial charge in [-0.1, -0.05) is 0 Å². The Labute approximate surface area is 142 Å². The van der Waals surface area contributed by atoms with E-state index < -0.39 is 11.4 Å². The van der Waals surface area contributed by atoms with E-state index in [0.717, 1.165) is 4.70 Å². The molecule has 0 saturated carbocycles. The Kier molecular flexibility index (Phi) is 4.56. The summed E-state index contributed by atoms with van der Waals surface area (Å²) in [6.07, 6.45) is 1.10. The number of nitrogens with zero attached hydrogens (tertiary/aromatic N) is 1. The van der Waals surface area contributed by atoms with Crippen molar-refractivity contribution in [2.24, 2.45) is 5.41 Å². The summed E-state index contributed by atoms with van der Waals surface area (Å²) >= 11 is 1.29. The van der Waals surface area contributed by atoms with Gasteiger partial charge in [-0.3, -0.25) is 9.59 Å². The van der Waals surface area contributed by atoms with Gasteiger partial charge in [-0.2, -0.15) is 0 Å². The molecular formula is C17H18FNO4S. The zero-order valence-corrected chi connectivity index (χ0v) is 14.1. The molecule has 1 amide bonds. The SMILES string of the molecule is COCC1(C(=O)O)CCCN(C(=O)c2cc3cc(F)ccc3s2)C1. The van der Waals surface area contributed by atoms with Gasteiger partial charge in [0.1, 0.15) is 11.2 Å². The van der Waals surface area contributed by atoms with Crippen LogP contribution in [-0.2, 0) is 9.53 Å². The molecule has 1 aromatic carbocycles. The van der Waals surface area contributed by atoms with E-state index in [4.69, 9.17) is 4.74 Å². The summed E-state index contributed by atoms with van der Waals surface area (Å²) in [7, 11) is 1.46. The summed E-state index contributed by atoms with van der Waals surface area (Å²) in [6, 6.07) is 6.07. The average molecular weight is 351 g/mol. The molecular weight excluding hydrogens is 333 g/mol. The van der Waals surface area contributed by atoms with E-state index in [9.17, 15) is 19.1 Å². The van der Waals surface area contributed by atoms with Crippen molar-refractivity contribution >= 4 is 33.3 Å². The predicted octanol–water partition coefficient (Wildman–Crippen LogP) is 2.99. The number of amides is 1. The number of ether oxygens (including phenoxy) is 1. The van der Waals surface area contributed by atoms with Gasteiger partial charge in [0.05, 0.1) is 11.5 Å². The van der Waals surface area contributed by atoms with E-state index >= 15 is 0 Å². The van der Waals surface area contributed by atoms with Crippen LogP contribution in [-0.4, -0.2) is 48.7 Å². The van der Waals surface area contributed by atoms with E-state index in [1.54, 1.807) is 17.0 Å². The lowest BCUT2D eigenvalue weighted by Crippen LogP contribution is -2.52. The fourth-order valence-corrected chi connectivity index (χ4v) is 4.22. The lowest BCUT2D eigenvalue weighted by molar-refractivity contribution is -0.155. The number of piperidine rings is 1. The maximum atomic E-state index is 13.3. The highest BCUT2D eigenvalue weighted by Gasteiger charge is 2.44. The van der Waals surface area contributed by atoms with Crippen LogP contribution in [0, 0.1) is 11.2 Å². The molecule has 0 radical (unpaired) electrons. The molecule has 1 N–H and O–H groups in total. The summed E-state index contributed by atoms with van der Waals surface area (Å²) < 4.78 is 19.2. The zero-order valence-electron chi connectivity index (χ0n) is 13.3. The minimum atomic E-state index is -1.06. The molecule has 7 heteroatoms. The third kappa shape index (κ3) is 3.01. The molecule has 0 aliphatic carbocycles. The molecule has 3 rings (SSSR count). The first-order chi connectivity index (χ1) is 11.4. The average Bonchev–Trinajstić information content (AvgIpc) is 2.97. The fraction of sp³-hybridized carbons (Fsp3) is 0.412. The molecule has 0 bridgehead atoms. The summed E-state index contributed by atoms with van der Waals surface area (Å²) in [4.78, 5) is 26.5. The molecule has 24 heavy (non-hydrogen) atoms. The maximum absolute atomic E-state index is 13.3. The van der Waals surface area contributed by atoms with Crippen molar-refractivity contribution in [1.82, 2.24) is 4.90 Å². The van der Waals surface area contributed by atoms with Crippen LogP contribution in [0.3, 0.4) is 0 Å². The summed E-state index contributed by atoms with van der Waals surface area (Å²) in [5.41, 5.74) is -1.06. The van der Waals surface area contributed by atoms with Crippen LogP contribution in [0.15, 0.2) is 24.3 Å². The summed E-state index contributed by atoms with van der Waals surface area (Å²) in [6.45, 7) is 0.710. The second-order valence-corrected chi connectivity index (χ2v) is 7.23. The van der Waals surface area contributed by atoms with Gasteiger partial charge < -0.3 is 14.7 Å². The number of aliphatic carboxylic acids is 1. The minimum Gasteiger partial charge on any atom is -0.481 e. The van der Waals surface area contributed by atoms with Crippen molar-refractivity contribution in [2.45, 2.75) is 12.8 Å². The van der Waals surface area contributed by atoms with Crippen LogP contribution in [0.2, 0.25) is 0 Å². The fourth-order valence-electron chi connectivity index (χ4n) is 3.21. The van der Waals surface area contributed by atoms with E-state index in [0.29, 0.717) is 29.6 Å². The van der Waals surface area contributed by atoms with Crippen LogP contribution < -0.4 is 0 Å². The first-order valence-electron chi connectivity index (χ1n) is 7.66. The van der Waals surface area contributed by atoms with Crippen LogP contribution >= 0.6 is 11.3 Å². The molecule has 1 aromatic heterocycles. The Morgan fingerprint density at radius 1 is 1.42 bits per heavy atom. The number of fused-ring (bicyclic) bond motifs is 1. The van der Waals surface area contributed by atoms with E-state index in [1.165, 1.54) is 30.6 Å². The molecule has 0 spiro atoms. The highest BCUT2D eigenvalue weighted by molar-refractivity contribution is 7.20. The lowest BCUT2D eigenvalue weighted by Gasteiger charge is -2.39.